The monoisotopic (exact) mass is 529 g/mol. The van der Waals surface area contributed by atoms with Crippen LogP contribution in [0.25, 0.3) is 10.9 Å². The molecule has 0 saturated heterocycles. The van der Waals surface area contributed by atoms with E-state index in [1.807, 2.05) is 32.9 Å². The first-order chi connectivity index (χ1) is 16.2. The summed E-state index contributed by atoms with van der Waals surface area (Å²) in [6.45, 7) is 9.82. The van der Waals surface area contributed by atoms with Gasteiger partial charge in [0.15, 0.2) is 17.6 Å². The molecule has 8 nitrogen and oxygen atoms in total. The zero-order valence-corrected chi connectivity index (χ0v) is 21.5. The van der Waals surface area contributed by atoms with Crippen LogP contribution in [0.1, 0.15) is 51.9 Å². The average molecular weight is 530 g/mol. The number of halogens is 1. The Morgan fingerprint density at radius 1 is 1.12 bits per heavy atom. The van der Waals surface area contributed by atoms with E-state index in [-0.39, 0.29) is 18.1 Å². The number of rotatable bonds is 9. The molecule has 9 heteroatoms. The third-order valence-corrected chi connectivity index (χ3v) is 5.36. The molecule has 0 aliphatic heterocycles. The van der Waals surface area contributed by atoms with Crippen LogP contribution in [-0.2, 0) is 9.53 Å². The Bertz CT molecular complexity index is 1270. The molecule has 0 N–H and O–H groups in total. The molecule has 0 fully saturated rings. The Kier molecular flexibility index (Phi) is 8.44. The summed E-state index contributed by atoms with van der Waals surface area (Å²) >= 11 is 3.41. The van der Waals surface area contributed by atoms with Gasteiger partial charge in [0, 0.05) is 10.4 Å². The predicted molar refractivity (Wildman–Crippen MR) is 135 cm³/mol. The Morgan fingerprint density at radius 3 is 2.56 bits per heavy atom. The van der Waals surface area contributed by atoms with E-state index in [1.165, 1.54) is 4.68 Å². The molecule has 0 aliphatic carbocycles. The summed E-state index contributed by atoms with van der Waals surface area (Å²) in [5.41, 5.74) is 1.06. The number of aromatic nitrogens is 2. The molecular formula is C25H28BrN3O5. The van der Waals surface area contributed by atoms with Crippen LogP contribution in [-0.4, -0.2) is 41.2 Å². The summed E-state index contributed by atoms with van der Waals surface area (Å²) in [6.07, 6.45) is 0.786. The molecule has 3 rings (SSSR count). The van der Waals surface area contributed by atoms with Crippen molar-refractivity contribution in [1.29, 1.82) is 0 Å². The van der Waals surface area contributed by atoms with Crippen molar-refractivity contribution in [3.63, 3.8) is 0 Å². The molecule has 0 bridgehead atoms. The van der Waals surface area contributed by atoms with Crippen molar-refractivity contribution in [2.45, 2.75) is 46.6 Å². The van der Waals surface area contributed by atoms with Crippen molar-refractivity contribution in [2.24, 2.45) is 5.10 Å². The summed E-state index contributed by atoms with van der Waals surface area (Å²) < 4.78 is 18.6. The second-order valence-corrected chi connectivity index (χ2v) is 8.71. The van der Waals surface area contributed by atoms with Crippen molar-refractivity contribution in [3.8, 4) is 11.5 Å². The lowest BCUT2D eigenvalue weighted by atomic mass is 10.2. The van der Waals surface area contributed by atoms with E-state index in [0.717, 1.165) is 4.47 Å². The Balaban J connectivity index is 1.98. The molecule has 0 radical (unpaired) electrons. The third-order valence-electron chi connectivity index (χ3n) is 4.86. The van der Waals surface area contributed by atoms with Gasteiger partial charge in [0.1, 0.15) is 5.82 Å². The highest BCUT2D eigenvalue weighted by Gasteiger charge is 2.18. The summed E-state index contributed by atoms with van der Waals surface area (Å²) in [7, 11) is 0. The number of nitrogens with zero attached hydrogens (tertiary/aromatic N) is 3. The Morgan fingerprint density at radius 2 is 1.88 bits per heavy atom. The van der Waals surface area contributed by atoms with Gasteiger partial charge in [0.2, 0.25) is 0 Å². The zero-order valence-electron chi connectivity index (χ0n) is 19.9. The Hall–Kier alpha value is -3.20. The zero-order chi connectivity index (χ0) is 24.8. The topological polar surface area (TPSA) is 92.0 Å². The number of ether oxygens (including phenoxy) is 3. The highest BCUT2D eigenvalue weighted by Crippen LogP contribution is 2.29. The van der Waals surface area contributed by atoms with Gasteiger partial charge in [0.05, 0.1) is 30.3 Å². The number of esters is 1. The molecule has 1 heterocycles. The van der Waals surface area contributed by atoms with E-state index in [0.29, 0.717) is 40.4 Å². The number of carbonyl (C=O) groups is 1. The van der Waals surface area contributed by atoms with Crippen LogP contribution in [0.5, 0.6) is 11.5 Å². The van der Waals surface area contributed by atoms with Gasteiger partial charge in [0.25, 0.3) is 5.56 Å². The van der Waals surface area contributed by atoms with Gasteiger partial charge >= 0.3 is 5.97 Å². The van der Waals surface area contributed by atoms with Gasteiger partial charge in [-0.1, -0.05) is 29.8 Å². The van der Waals surface area contributed by atoms with Crippen molar-refractivity contribution in [3.05, 3.63) is 62.6 Å². The lowest BCUT2D eigenvalue weighted by Gasteiger charge is -2.16. The summed E-state index contributed by atoms with van der Waals surface area (Å²) in [5.74, 6) is 0.962. The largest absolute Gasteiger partial charge is 0.490 e. The number of carbonyl (C=O) groups excluding carboxylic acids is 1. The molecule has 0 saturated carbocycles. The fraction of sp³-hybridized carbons (Fsp3) is 0.360. The van der Waals surface area contributed by atoms with Crippen LogP contribution < -0.4 is 15.0 Å². The Labute approximate surface area is 206 Å². The SMILES string of the molecule is CCOC(=O)[C@@H](C)Oc1ccc(C=Nn2c(C(C)C)nc3ccc(Br)cc3c2=O)cc1OCC. The lowest BCUT2D eigenvalue weighted by molar-refractivity contribution is -0.150. The average Bonchev–Trinajstić information content (AvgIpc) is 2.80. The lowest BCUT2D eigenvalue weighted by Crippen LogP contribution is -2.26. The smallest absolute Gasteiger partial charge is 0.347 e. The fourth-order valence-corrected chi connectivity index (χ4v) is 3.61. The van der Waals surface area contributed by atoms with Crippen LogP contribution >= 0.6 is 15.9 Å². The van der Waals surface area contributed by atoms with Gasteiger partial charge < -0.3 is 14.2 Å². The maximum Gasteiger partial charge on any atom is 0.347 e. The number of benzene rings is 2. The number of hydrogen-bond acceptors (Lipinski definition) is 7. The first kappa shape index (κ1) is 25.4. The quantitative estimate of drug-likeness (QED) is 0.289. The molecule has 0 amide bonds. The van der Waals surface area contributed by atoms with Crippen molar-refractivity contribution >= 4 is 39.0 Å². The van der Waals surface area contributed by atoms with Crippen LogP contribution in [0.15, 0.2) is 50.8 Å². The van der Waals surface area contributed by atoms with E-state index in [2.05, 4.69) is 26.0 Å². The first-order valence-corrected chi connectivity index (χ1v) is 11.9. The molecule has 0 aliphatic rings. The van der Waals surface area contributed by atoms with Crippen molar-refractivity contribution in [2.75, 3.05) is 13.2 Å². The fourth-order valence-electron chi connectivity index (χ4n) is 3.24. The van der Waals surface area contributed by atoms with E-state index in [4.69, 9.17) is 14.2 Å². The van der Waals surface area contributed by atoms with Crippen LogP contribution in [0.3, 0.4) is 0 Å². The second kappa shape index (κ2) is 11.3. The minimum Gasteiger partial charge on any atom is -0.490 e. The van der Waals surface area contributed by atoms with Crippen molar-refractivity contribution < 1.29 is 19.0 Å². The normalized spacial score (nSPS) is 12.3. The van der Waals surface area contributed by atoms with Gasteiger partial charge in [-0.15, -0.1) is 0 Å². The highest BCUT2D eigenvalue weighted by molar-refractivity contribution is 9.10. The van der Waals surface area contributed by atoms with Crippen LogP contribution in [0, 0.1) is 0 Å². The van der Waals surface area contributed by atoms with Gasteiger partial charge in [-0.2, -0.15) is 9.78 Å². The first-order valence-electron chi connectivity index (χ1n) is 11.1. The predicted octanol–water partition coefficient (Wildman–Crippen LogP) is 4.89. The highest BCUT2D eigenvalue weighted by atomic mass is 79.9. The number of hydrogen-bond donors (Lipinski definition) is 0. The van der Waals surface area contributed by atoms with Gasteiger partial charge in [-0.25, -0.2) is 9.78 Å². The third kappa shape index (κ3) is 5.83. The minimum absolute atomic E-state index is 0.0166. The van der Waals surface area contributed by atoms with Crippen LogP contribution in [0.4, 0.5) is 0 Å². The molecule has 0 spiro atoms. The second-order valence-electron chi connectivity index (χ2n) is 7.80. The van der Waals surface area contributed by atoms with Gasteiger partial charge in [-0.3, -0.25) is 4.79 Å². The maximum atomic E-state index is 13.2. The molecular weight excluding hydrogens is 502 g/mol. The molecule has 0 unspecified atom stereocenters. The molecule has 34 heavy (non-hydrogen) atoms. The summed E-state index contributed by atoms with van der Waals surface area (Å²) in [5, 5.41) is 4.93. The maximum absolute atomic E-state index is 13.2. The molecule has 1 aromatic heterocycles. The molecule has 3 aromatic rings. The summed E-state index contributed by atoms with van der Waals surface area (Å²) in [4.78, 5) is 29.8. The van der Waals surface area contributed by atoms with Crippen molar-refractivity contribution in [1.82, 2.24) is 9.66 Å². The molecule has 1 atom stereocenters. The van der Waals surface area contributed by atoms with Crippen LogP contribution in [0.2, 0.25) is 0 Å². The van der Waals surface area contributed by atoms with E-state index >= 15 is 0 Å². The van der Waals surface area contributed by atoms with E-state index in [9.17, 15) is 9.59 Å². The molecule has 2 aromatic carbocycles. The minimum atomic E-state index is -0.783. The summed E-state index contributed by atoms with van der Waals surface area (Å²) in [6, 6.07) is 10.6. The molecule has 180 valence electrons. The van der Waals surface area contributed by atoms with Gasteiger partial charge in [-0.05, 0) is 62.7 Å². The standard InChI is InChI=1S/C25H28BrN3O5/c1-6-32-22-12-17(8-11-21(22)34-16(5)25(31)33-7-2)14-27-29-23(15(3)4)28-20-10-9-18(26)13-19(20)24(29)30/h8-16H,6-7H2,1-5H3/t16-/m1/s1. The van der Waals surface area contributed by atoms with E-state index in [1.54, 1.807) is 44.3 Å². The van der Waals surface area contributed by atoms with E-state index < -0.39 is 12.1 Å². The number of fused-ring (bicyclic) bond motifs is 1.